The Kier molecular flexibility index (Phi) is 5.50. The van der Waals surface area contributed by atoms with Gasteiger partial charge >= 0.3 is 0 Å². The number of benzene rings is 2. The van der Waals surface area contributed by atoms with Gasteiger partial charge in [0.2, 0.25) is 5.91 Å². The maximum absolute atomic E-state index is 12.1. The number of rotatable bonds is 6. The lowest BCUT2D eigenvalue weighted by atomic mass is 9.97. The molecule has 0 aliphatic heterocycles. The normalized spacial score (nSPS) is 11.2. The lowest BCUT2D eigenvalue weighted by molar-refractivity contribution is -0.131. The van der Waals surface area contributed by atoms with Gasteiger partial charge in [-0.25, -0.2) is 0 Å². The zero-order valence-electron chi connectivity index (χ0n) is 12.6. The summed E-state index contributed by atoms with van der Waals surface area (Å²) in [6, 6.07) is 15.7. The van der Waals surface area contributed by atoms with Gasteiger partial charge in [0.05, 0.1) is 12.6 Å². The van der Waals surface area contributed by atoms with E-state index < -0.39 is 17.6 Å². The molecule has 0 fully saturated rings. The van der Waals surface area contributed by atoms with Crippen LogP contribution in [0.4, 0.5) is 0 Å². The summed E-state index contributed by atoms with van der Waals surface area (Å²) < 4.78 is 0. The number of ketones is 1. The largest absolute Gasteiger partial charge is 0.344 e. The second-order valence-electron chi connectivity index (χ2n) is 5.13. The Morgan fingerprint density at radius 1 is 1.17 bits per heavy atom. The van der Waals surface area contributed by atoms with Gasteiger partial charge in [-0.3, -0.25) is 9.59 Å². The zero-order valence-corrected chi connectivity index (χ0v) is 12.6. The molecule has 2 aromatic rings. The van der Waals surface area contributed by atoms with Crippen LogP contribution >= 0.6 is 0 Å². The van der Waals surface area contributed by atoms with Crippen molar-refractivity contribution in [2.24, 2.45) is 5.92 Å². The summed E-state index contributed by atoms with van der Waals surface area (Å²) in [4.78, 5) is 23.8. The number of aryl methyl sites for hydroxylation is 1. The molecule has 0 radical (unpaired) electrons. The molecule has 0 saturated heterocycles. The van der Waals surface area contributed by atoms with Crippen molar-refractivity contribution in [1.29, 1.82) is 5.26 Å². The van der Waals surface area contributed by atoms with Crippen LogP contribution in [-0.2, 0) is 16.0 Å². The van der Waals surface area contributed by atoms with Crippen molar-refractivity contribution in [3.63, 3.8) is 0 Å². The van der Waals surface area contributed by atoms with E-state index in [2.05, 4.69) is 11.2 Å². The summed E-state index contributed by atoms with van der Waals surface area (Å²) in [6.07, 6.45) is 5.67. The number of Topliss-reactive ketones (excluding diaryl/α,β-unsaturated/α-hetero) is 1. The average Bonchev–Trinajstić information content (AvgIpc) is 2.58. The predicted molar refractivity (Wildman–Crippen MR) is 88.2 cm³/mol. The number of carbonyl (C=O) groups excluding carboxylic acids is 2. The van der Waals surface area contributed by atoms with Crippen LogP contribution in [0.25, 0.3) is 10.8 Å². The molecule has 0 aromatic heterocycles. The Bertz CT molecular complexity index is 812. The standard InChI is InChI=1S/C19H16N2O2/c1-2-11-21-19(23)17(13-20)18(22)10-8-14-7-9-15-5-3-4-6-16(15)12-14/h1,3-7,9,12,17H,8,10-11H2,(H,21,23)/t17-/m0/s1. The van der Waals surface area contributed by atoms with Crippen molar-refractivity contribution in [1.82, 2.24) is 5.32 Å². The third-order valence-electron chi connectivity index (χ3n) is 3.55. The SMILES string of the molecule is C#CCNC(=O)[C@@H](C#N)C(=O)CCc1ccc2ccccc2c1. The Morgan fingerprint density at radius 3 is 2.61 bits per heavy atom. The molecule has 114 valence electrons. The van der Waals surface area contributed by atoms with Gasteiger partial charge in [-0.1, -0.05) is 48.4 Å². The molecule has 0 aliphatic carbocycles. The molecule has 4 nitrogen and oxygen atoms in total. The molecule has 1 amide bonds. The van der Waals surface area contributed by atoms with E-state index in [1.807, 2.05) is 42.5 Å². The Labute approximate surface area is 135 Å². The molecule has 0 unspecified atom stereocenters. The summed E-state index contributed by atoms with van der Waals surface area (Å²) in [5.74, 6) is -0.0873. The molecular formula is C19H16N2O2. The Morgan fingerprint density at radius 2 is 1.91 bits per heavy atom. The zero-order chi connectivity index (χ0) is 16.7. The first kappa shape index (κ1) is 16.3. The molecular weight excluding hydrogens is 288 g/mol. The van der Waals surface area contributed by atoms with E-state index in [-0.39, 0.29) is 13.0 Å². The van der Waals surface area contributed by atoms with Crippen LogP contribution in [0.5, 0.6) is 0 Å². The fourth-order valence-corrected chi connectivity index (χ4v) is 2.32. The molecule has 2 aromatic carbocycles. The van der Waals surface area contributed by atoms with Gasteiger partial charge in [0, 0.05) is 6.42 Å². The fourth-order valence-electron chi connectivity index (χ4n) is 2.32. The average molecular weight is 304 g/mol. The van der Waals surface area contributed by atoms with Gasteiger partial charge in [-0.15, -0.1) is 6.42 Å². The monoisotopic (exact) mass is 304 g/mol. The number of fused-ring (bicyclic) bond motifs is 1. The summed E-state index contributed by atoms with van der Waals surface area (Å²) >= 11 is 0. The molecule has 1 atom stereocenters. The molecule has 1 N–H and O–H groups in total. The first-order valence-electron chi connectivity index (χ1n) is 7.27. The van der Waals surface area contributed by atoms with E-state index in [4.69, 9.17) is 11.7 Å². The van der Waals surface area contributed by atoms with Crippen LogP contribution in [0.15, 0.2) is 42.5 Å². The van der Waals surface area contributed by atoms with Crippen molar-refractivity contribution >= 4 is 22.5 Å². The maximum Gasteiger partial charge on any atom is 0.245 e. The van der Waals surface area contributed by atoms with E-state index in [0.717, 1.165) is 16.3 Å². The van der Waals surface area contributed by atoms with Gasteiger partial charge < -0.3 is 5.32 Å². The summed E-state index contributed by atoms with van der Waals surface area (Å²) in [7, 11) is 0. The first-order chi connectivity index (χ1) is 11.2. The molecule has 0 saturated carbocycles. The summed E-state index contributed by atoms with van der Waals surface area (Å²) in [5, 5.41) is 13.6. The maximum atomic E-state index is 12.1. The van der Waals surface area contributed by atoms with E-state index in [0.29, 0.717) is 6.42 Å². The predicted octanol–water partition coefficient (Wildman–Crippen LogP) is 2.23. The van der Waals surface area contributed by atoms with Gasteiger partial charge in [0.1, 0.15) is 0 Å². The Hall–Kier alpha value is -3.11. The lowest BCUT2D eigenvalue weighted by Gasteiger charge is -2.08. The van der Waals surface area contributed by atoms with E-state index >= 15 is 0 Å². The highest BCUT2D eigenvalue weighted by atomic mass is 16.2. The molecule has 2 rings (SSSR count). The minimum Gasteiger partial charge on any atom is -0.344 e. The van der Waals surface area contributed by atoms with Crippen molar-refractivity contribution in [3.8, 4) is 18.4 Å². The number of nitrogens with zero attached hydrogens (tertiary/aromatic N) is 1. The van der Waals surface area contributed by atoms with Crippen LogP contribution < -0.4 is 5.32 Å². The van der Waals surface area contributed by atoms with Gasteiger partial charge in [0.15, 0.2) is 11.7 Å². The second-order valence-corrected chi connectivity index (χ2v) is 5.13. The number of amides is 1. The topological polar surface area (TPSA) is 70.0 Å². The number of hydrogen-bond donors (Lipinski definition) is 1. The van der Waals surface area contributed by atoms with Crippen LogP contribution in [0.3, 0.4) is 0 Å². The van der Waals surface area contributed by atoms with E-state index in [1.54, 1.807) is 6.07 Å². The first-order valence-corrected chi connectivity index (χ1v) is 7.27. The summed E-state index contributed by atoms with van der Waals surface area (Å²) in [5.41, 5.74) is 0.998. The molecule has 23 heavy (non-hydrogen) atoms. The minimum absolute atomic E-state index is 0.00890. The fraction of sp³-hybridized carbons (Fsp3) is 0.211. The van der Waals surface area contributed by atoms with Gasteiger partial charge in [0.25, 0.3) is 0 Å². The number of carbonyl (C=O) groups is 2. The lowest BCUT2D eigenvalue weighted by Crippen LogP contribution is -2.34. The Balaban J connectivity index is 2.00. The third-order valence-corrected chi connectivity index (χ3v) is 3.55. The number of terminal acetylenes is 1. The highest BCUT2D eigenvalue weighted by Crippen LogP contribution is 2.17. The van der Waals surface area contributed by atoms with Crippen LogP contribution in [0.1, 0.15) is 12.0 Å². The number of hydrogen-bond acceptors (Lipinski definition) is 3. The minimum atomic E-state index is -1.30. The van der Waals surface area contributed by atoms with Crippen molar-refractivity contribution < 1.29 is 9.59 Å². The quantitative estimate of drug-likeness (QED) is 0.657. The summed E-state index contributed by atoms with van der Waals surface area (Å²) in [6.45, 7) is 0.00890. The van der Waals surface area contributed by atoms with Gasteiger partial charge in [-0.2, -0.15) is 5.26 Å². The van der Waals surface area contributed by atoms with Crippen LogP contribution in [0, 0.1) is 29.6 Å². The molecule has 0 spiro atoms. The van der Waals surface area contributed by atoms with Crippen LogP contribution in [-0.4, -0.2) is 18.2 Å². The highest BCUT2D eigenvalue weighted by Gasteiger charge is 2.25. The molecule has 4 heteroatoms. The third kappa shape index (κ3) is 4.18. The van der Waals surface area contributed by atoms with Crippen LogP contribution in [0.2, 0.25) is 0 Å². The molecule has 0 aliphatic rings. The molecule has 0 bridgehead atoms. The number of nitriles is 1. The number of nitrogens with one attached hydrogen (secondary N) is 1. The van der Waals surface area contributed by atoms with Gasteiger partial charge in [-0.05, 0) is 22.8 Å². The smallest absolute Gasteiger partial charge is 0.245 e. The van der Waals surface area contributed by atoms with E-state index in [1.165, 1.54) is 0 Å². The van der Waals surface area contributed by atoms with Crippen molar-refractivity contribution in [2.45, 2.75) is 12.8 Å². The van der Waals surface area contributed by atoms with Crippen molar-refractivity contribution in [2.75, 3.05) is 6.54 Å². The second kappa shape index (κ2) is 7.77. The van der Waals surface area contributed by atoms with Crippen molar-refractivity contribution in [3.05, 3.63) is 48.0 Å². The van der Waals surface area contributed by atoms with E-state index in [9.17, 15) is 9.59 Å². The highest BCUT2D eigenvalue weighted by molar-refractivity contribution is 6.04. The molecule has 0 heterocycles.